The van der Waals surface area contributed by atoms with E-state index in [1.807, 2.05) is 0 Å². The van der Waals surface area contributed by atoms with Crippen molar-refractivity contribution >= 4 is 35.8 Å². The van der Waals surface area contributed by atoms with Crippen LogP contribution in [0.2, 0.25) is 0 Å². The molecule has 1 aromatic carbocycles. The highest BCUT2D eigenvalue weighted by molar-refractivity contribution is 9.10. The van der Waals surface area contributed by atoms with Gasteiger partial charge in [-0.05, 0) is 24.3 Å². The number of aliphatic hydroxyl groups excluding tert-OH is 1. The van der Waals surface area contributed by atoms with Gasteiger partial charge < -0.3 is 10.4 Å². The van der Waals surface area contributed by atoms with Gasteiger partial charge in [-0.1, -0.05) is 15.9 Å². The van der Waals surface area contributed by atoms with Gasteiger partial charge in [-0.3, -0.25) is 0 Å². The van der Waals surface area contributed by atoms with E-state index in [2.05, 4.69) is 26.0 Å². The molecule has 1 saturated heterocycles. The molecule has 0 aliphatic carbocycles. The molecule has 2 rings (SSSR count). The molecule has 0 spiro atoms. The monoisotopic (exact) mass is 412 g/mol. The molecule has 0 radical (unpaired) electrons. The lowest BCUT2D eigenvalue weighted by atomic mass is 10.2. The first-order valence-corrected chi connectivity index (χ1v) is 10.7. The molecule has 0 bridgehead atoms. The Kier molecular flexibility index (Phi) is 5.62. The summed E-state index contributed by atoms with van der Waals surface area (Å²) < 4.78 is 49.9. The van der Waals surface area contributed by atoms with Crippen molar-refractivity contribution in [2.45, 2.75) is 17.0 Å². The number of benzene rings is 1. The van der Waals surface area contributed by atoms with E-state index in [1.54, 1.807) is 12.1 Å². The minimum atomic E-state index is -3.60. The van der Waals surface area contributed by atoms with E-state index in [0.29, 0.717) is 0 Å². The average molecular weight is 413 g/mol. The van der Waals surface area contributed by atoms with Crippen LogP contribution in [0.15, 0.2) is 33.6 Å². The van der Waals surface area contributed by atoms with Crippen LogP contribution in [-0.4, -0.2) is 58.7 Å². The maximum absolute atomic E-state index is 12.0. The number of aliphatic hydroxyl groups is 1. The van der Waals surface area contributed by atoms with E-state index in [0.717, 1.165) is 4.47 Å². The minimum Gasteiger partial charge on any atom is -0.390 e. The Hall–Kier alpha value is -0.520. The number of halogens is 1. The van der Waals surface area contributed by atoms with Crippen molar-refractivity contribution in [1.82, 2.24) is 10.0 Å². The molecule has 124 valence electrons. The summed E-state index contributed by atoms with van der Waals surface area (Å²) in [6, 6.07) is 5.67. The van der Waals surface area contributed by atoms with Gasteiger partial charge in [-0.25, -0.2) is 21.6 Å². The lowest BCUT2D eigenvalue weighted by Gasteiger charge is -2.15. The van der Waals surface area contributed by atoms with Crippen LogP contribution in [0, 0.1) is 0 Å². The van der Waals surface area contributed by atoms with Gasteiger partial charge in [0.2, 0.25) is 10.0 Å². The number of rotatable bonds is 6. The third kappa shape index (κ3) is 4.74. The Bertz CT molecular complexity index is 718. The summed E-state index contributed by atoms with van der Waals surface area (Å²) in [7, 11) is -6.81. The van der Waals surface area contributed by atoms with Gasteiger partial charge in [0.25, 0.3) is 0 Å². The van der Waals surface area contributed by atoms with Gasteiger partial charge in [-0.15, -0.1) is 0 Å². The van der Waals surface area contributed by atoms with E-state index >= 15 is 0 Å². The van der Waals surface area contributed by atoms with E-state index in [-0.39, 0.29) is 29.5 Å². The zero-order chi connectivity index (χ0) is 16.4. The first kappa shape index (κ1) is 17.8. The smallest absolute Gasteiger partial charge is 0.240 e. The standard InChI is InChI=1S/C12H17BrN2O5S2/c13-9-1-3-10(4-2-9)22(19,20)15-6-5-14-11-7-21(17,18)8-12(11)16/h1-4,11-12,14-16H,5-8H2/t11-,12+/m1/s1. The van der Waals surface area contributed by atoms with Crippen LogP contribution >= 0.6 is 15.9 Å². The molecule has 10 heteroatoms. The van der Waals surface area contributed by atoms with E-state index in [4.69, 9.17) is 0 Å². The third-order valence-corrected chi connectivity index (χ3v) is 6.99. The van der Waals surface area contributed by atoms with E-state index in [1.165, 1.54) is 12.1 Å². The second kappa shape index (κ2) is 6.93. The number of hydrogen-bond acceptors (Lipinski definition) is 6. The summed E-state index contributed by atoms with van der Waals surface area (Å²) in [6.45, 7) is 0.328. The minimum absolute atomic E-state index is 0.0989. The molecule has 3 N–H and O–H groups in total. The van der Waals surface area contributed by atoms with Gasteiger partial charge in [0.15, 0.2) is 9.84 Å². The van der Waals surface area contributed by atoms with Crippen LogP contribution in [-0.2, 0) is 19.9 Å². The van der Waals surface area contributed by atoms with Crippen LogP contribution in [0.5, 0.6) is 0 Å². The molecular formula is C12H17BrN2O5S2. The first-order chi connectivity index (χ1) is 10.2. The summed E-state index contributed by atoms with van der Waals surface area (Å²) in [5, 5.41) is 12.5. The molecule has 0 saturated carbocycles. The topological polar surface area (TPSA) is 113 Å². The Labute approximate surface area is 138 Å². The second-order valence-electron chi connectivity index (χ2n) is 5.06. The number of sulfone groups is 1. The fourth-order valence-corrected chi connectivity index (χ4v) is 5.24. The molecular weight excluding hydrogens is 396 g/mol. The van der Waals surface area contributed by atoms with E-state index in [9.17, 15) is 21.9 Å². The highest BCUT2D eigenvalue weighted by Crippen LogP contribution is 2.14. The summed E-state index contributed by atoms with van der Waals surface area (Å²) in [5.41, 5.74) is 0. The first-order valence-electron chi connectivity index (χ1n) is 6.57. The predicted octanol–water partition coefficient (Wildman–Crippen LogP) is -0.525. The van der Waals surface area contributed by atoms with Gasteiger partial charge in [0, 0.05) is 23.6 Å². The van der Waals surface area contributed by atoms with Gasteiger partial charge in [0.05, 0.1) is 22.5 Å². The molecule has 1 fully saturated rings. The van der Waals surface area contributed by atoms with Crippen LogP contribution < -0.4 is 10.0 Å². The van der Waals surface area contributed by atoms with Crippen molar-refractivity contribution in [2.75, 3.05) is 24.6 Å². The predicted molar refractivity (Wildman–Crippen MR) is 85.8 cm³/mol. The van der Waals surface area contributed by atoms with Crippen LogP contribution in [0.25, 0.3) is 0 Å². The zero-order valence-corrected chi connectivity index (χ0v) is 14.8. The molecule has 1 aliphatic heterocycles. The fraction of sp³-hybridized carbons (Fsp3) is 0.500. The second-order valence-corrected chi connectivity index (χ2v) is 9.89. The molecule has 1 heterocycles. The summed E-state index contributed by atoms with van der Waals surface area (Å²) in [4.78, 5) is 0.152. The molecule has 0 aromatic heterocycles. The SMILES string of the molecule is O=S1(=O)C[C@H](O)[C@H](NCCNS(=O)(=O)c2ccc(Br)cc2)C1. The van der Waals surface area contributed by atoms with E-state index < -0.39 is 32.0 Å². The third-order valence-electron chi connectivity index (χ3n) is 3.27. The molecule has 1 aromatic rings. The Morgan fingerprint density at radius 3 is 2.36 bits per heavy atom. The maximum Gasteiger partial charge on any atom is 0.240 e. The van der Waals surface area contributed by atoms with Gasteiger partial charge >= 0.3 is 0 Å². The highest BCUT2D eigenvalue weighted by atomic mass is 79.9. The molecule has 0 amide bonds. The van der Waals surface area contributed by atoms with Crippen molar-refractivity contribution < 1.29 is 21.9 Å². The zero-order valence-electron chi connectivity index (χ0n) is 11.6. The highest BCUT2D eigenvalue weighted by Gasteiger charge is 2.35. The number of sulfonamides is 1. The number of hydrogen-bond donors (Lipinski definition) is 3. The summed E-state index contributed by atoms with van der Waals surface area (Å²) in [6.07, 6.45) is -0.951. The normalized spacial score (nSPS) is 24.5. The van der Waals surface area contributed by atoms with Crippen molar-refractivity contribution in [3.8, 4) is 0 Å². The van der Waals surface area contributed by atoms with Crippen molar-refractivity contribution in [3.05, 3.63) is 28.7 Å². The van der Waals surface area contributed by atoms with Crippen molar-refractivity contribution in [1.29, 1.82) is 0 Å². The molecule has 1 aliphatic rings. The van der Waals surface area contributed by atoms with Crippen LogP contribution in [0.3, 0.4) is 0 Å². The summed E-state index contributed by atoms with van der Waals surface area (Å²) >= 11 is 3.23. The Morgan fingerprint density at radius 2 is 1.82 bits per heavy atom. The van der Waals surface area contributed by atoms with Crippen molar-refractivity contribution in [3.63, 3.8) is 0 Å². The van der Waals surface area contributed by atoms with Crippen molar-refractivity contribution in [2.24, 2.45) is 0 Å². The Balaban J connectivity index is 1.82. The molecule has 0 unspecified atom stereocenters. The van der Waals surface area contributed by atoms with Gasteiger partial charge in [-0.2, -0.15) is 0 Å². The maximum atomic E-state index is 12.0. The number of nitrogens with one attached hydrogen (secondary N) is 2. The molecule has 22 heavy (non-hydrogen) atoms. The average Bonchev–Trinajstić information content (AvgIpc) is 2.68. The molecule has 2 atom stereocenters. The Morgan fingerprint density at radius 1 is 1.18 bits per heavy atom. The van der Waals surface area contributed by atoms with Gasteiger partial charge in [0.1, 0.15) is 0 Å². The lowest BCUT2D eigenvalue weighted by molar-refractivity contribution is 0.166. The summed E-state index contributed by atoms with van der Waals surface area (Å²) in [5.74, 6) is -0.386. The molecule has 7 nitrogen and oxygen atoms in total. The van der Waals surface area contributed by atoms with Crippen LogP contribution in [0.1, 0.15) is 0 Å². The quantitative estimate of drug-likeness (QED) is 0.541. The lowest BCUT2D eigenvalue weighted by Crippen LogP contribution is -2.42. The van der Waals surface area contributed by atoms with Crippen LogP contribution in [0.4, 0.5) is 0 Å². The largest absolute Gasteiger partial charge is 0.390 e. The fourth-order valence-electron chi connectivity index (χ4n) is 2.16.